The van der Waals surface area contributed by atoms with Gasteiger partial charge in [0.2, 0.25) is 0 Å². The van der Waals surface area contributed by atoms with E-state index in [2.05, 4.69) is 0 Å². The van der Waals surface area contributed by atoms with E-state index in [9.17, 15) is 0 Å². The Labute approximate surface area is 82.6 Å². The predicted molar refractivity (Wildman–Crippen MR) is 50.9 cm³/mol. The topological polar surface area (TPSA) is 20.2 Å². The third kappa shape index (κ3) is 7.20. The molecule has 0 rings (SSSR count). The van der Waals surface area contributed by atoms with E-state index in [1.807, 2.05) is 0 Å². The summed E-state index contributed by atoms with van der Waals surface area (Å²) >= 11 is 16.9. The molecule has 11 heavy (non-hydrogen) atoms. The summed E-state index contributed by atoms with van der Waals surface area (Å²) in [6, 6.07) is 0. The van der Waals surface area contributed by atoms with Crippen LogP contribution < -0.4 is 0 Å². The molecule has 0 aliphatic rings. The van der Waals surface area contributed by atoms with Crippen LogP contribution in [-0.4, -0.2) is 28.3 Å². The second kappa shape index (κ2) is 7.48. The van der Waals surface area contributed by atoms with Crippen LogP contribution in [0.25, 0.3) is 0 Å². The van der Waals surface area contributed by atoms with Gasteiger partial charge in [-0.25, -0.2) is 0 Å². The molecule has 4 heteroatoms. The summed E-state index contributed by atoms with van der Waals surface area (Å²) in [6.07, 6.45) is 2.60. The summed E-state index contributed by atoms with van der Waals surface area (Å²) < 4.78 is 0. The van der Waals surface area contributed by atoms with Gasteiger partial charge < -0.3 is 5.11 Å². The van der Waals surface area contributed by atoms with Gasteiger partial charge in [-0.05, 0) is 12.8 Å². The fourth-order valence-electron chi connectivity index (χ4n) is 0.729. The Hall–Kier alpha value is 0.830. The van der Waals surface area contributed by atoms with Crippen LogP contribution in [0.2, 0.25) is 0 Å². The normalized spacial score (nSPS) is 16.4. The summed E-state index contributed by atoms with van der Waals surface area (Å²) in [5.41, 5.74) is 0. The van der Waals surface area contributed by atoms with Gasteiger partial charge in [-0.15, -0.1) is 34.8 Å². The molecule has 0 aromatic rings. The third-order valence-corrected chi connectivity index (χ3v) is 2.66. The second-order valence-electron chi connectivity index (χ2n) is 2.46. The molecular formula is C7H13Cl3O. The third-order valence-electron chi connectivity index (χ3n) is 1.40. The first-order chi connectivity index (χ1) is 5.20. The van der Waals surface area contributed by atoms with Crippen molar-refractivity contribution in [1.82, 2.24) is 0 Å². The number of halogens is 3. The minimum absolute atomic E-state index is 0.0371. The van der Waals surface area contributed by atoms with Gasteiger partial charge in [0.05, 0.1) is 12.0 Å². The van der Waals surface area contributed by atoms with Crippen LogP contribution in [0, 0.1) is 0 Å². The molecule has 0 aromatic carbocycles. The summed E-state index contributed by atoms with van der Waals surface area (Å²) in [5.74, 6) is 0.480. The van der Waals surface area contributed by atoms with Crippen LogP contribution in [0.3, 0.4) is 0 Å². The maximum atomic E-state index is 8.57. The van der Waals surface area contributed by atoms with Crippen LogP contribution in [0.5, 0.6) is 0 Å². The molecule has 0 bridgehead atoms. The first-order valence-electron chi connectivity index (χ1n) is 3.65. The zero-order valence-electron chi connectivity index (χ0n) is 6.27. The summed E-state index contributed by atoms with van der Waals surface area (Å²) in [4.78, 5) is 0. The molecule has 0 saturated heterocycles. The van der Waals surface area contributed by atoms with Gasteiger partial charge in [0, 0.05) is 11.3 Å². The van der Waals surface area contributed by atoms with Crippen LogP contribution in [-0.2, 0) is 0 Å². The first-order valence-corrected chi connectivity index (χ1v) is 5.06. The molecule has 0 aliphatic carbocycles. The van der Waals surface area contributed by atoms with Crippen molar-refractivity contribution in [2.45, 2.75) is 30.0 Å². The van der Waals surface area contributed by atoms with Crippen molar-refractivity contribution in [1.29, 1.82) is 0 Å². The molecule has 0 radical (unpaired) electrons. The van der Waals surface area contributed by atoms with Crippen molar-refractivity contribution in [3.63, 3.8) is 0 Å². The zero-order chi connectivity index (χ0) is 8.69. The lowest BCUT2D eigenvalue weighted by Gasteiger charge is -2.07. The lowest BCUT2D eigenvalue weighted by Crippen LogP contribution is -2.06. The monoisotopic (exact) mass is 218 g/mol. The van der Waals surface area contributed by atoms with E-state index in [1.165, 1.54) is 0 Å². The summed E-state index contributed by atoms with van der Waals surface area (Å²) in [6.45, 7) is 0.0371. The number of alkyl halides is 3. The Morgan fingerprint density at radius 3 is 2.09 bits per heavy atom. The van der Waals surface area contributed by atoms with Crippen LogP contribution >= 0.6 is 34.8 Å². The summed E-state index contributed by atoms with van der Waals surface area (Å²) in [5, 5.41) is 8.48. The molecule has 0 heterocycles. The smallest absolute Gasteiger partial charge is 0.0595 e. The second-order valence-corrected chi connectivity index (χ2v) is 4.01. The maximum Gasteiger partial charge on any atom is 0.0595 e. The van der Waals surface area contributed by atoms with Crippen molar-refractivity contribution in [2.24, 2.45) is 0 Å². The van der Waals surface area contributed by atoms with Crippen molar-refractivity contribution >= 4 is 34.8 Å². The van der Waals surface area contributed by atoms with Gasteiger partial charge in [-0.1, -0.05) is 6.42 Å². The molecule has 2 atom stereocenters. The number of rotatable bonds is 6. The summed E-state index contributed by atoms with van der Waals surface area (Å²) in [7, 11) is 0. The van der Waals surface area contributed by atoms with Gasteiger partial charge in [-0.2, -0.15) is 0 Å². The van der Waals surface area contributed by atoms with Crippen LogP contribution in [0.1, 0.15) is 19.3 Å². The average molecular weight is 220 g/mol. The Kier molecular flexibility index (Phi) is 8.04. The van der Waals surface area contributed by atoms with E-state index in [1.54, 1.807) is 0 Å². The maximum absolute atomic E-state index is 8.57. The molecule has 0 saturated carbocycles. The first kappa shape index (κ1) is 11.8. The minimum Gasteiger partial charge on any atom is -0.395 e. The Morgan fingerprint density at radius 2 is 1.64 bits per heavy atom. The van der Waals surface area contributed by atoms with Crippen molar-refractivity contribution in [3.8, 4) is 0 Å². The van der Waals surface area contributed by atoms with E-state index >= 15 is 0 Å². The fourth-order valence-corrected chi connectivity index (χ4v) is 1.19. The molecule has 0 aromatic heterocycles. The molecule has 0 fully saturated rings. The molecule has 68 valence electrons. The quantitative estimate of drug-likeness (QED) is 0.681. The Morgan fingerprint density at radius 1 is 1.09 bits per heavy atom. The fraction of sp³-hybridized carbons (Fsp3) is 1.00. The number of hydrogen-bond acceptors (Lipinski definition) is 1. The average Bonchev–Trinajstić information content (AvgIpc) is 2.04. The highest BCUT2D eigenvalue weighted by Gasteiger charge is 2.05. The standard InChI is InChI=1S/C7H13Cl3O/c8-4-6(9)2-1-3-7(10)5-11/h6-7,11H,1-5H2. The lowest BCUT2D eigenvalue weighted by atomic mass is 10.1. The predicted octanol–water partition coefficient (Wildman–Crippen LogP) is 2.60. The molecule has 1 N–H and O–H groups in total. The van der Waals surface area contributed by atoms with Crippen molar-refractivity contribution in [3.05, 3.63) is 0 Å². The van der Waals surface area contributed by atoms with Gasteiger partial charge in [0.25, 0.3) is 0 Å². The number of aliphatic hydroxyl groups is 1. The van der Waals surface area contributed by atoms with Crippen LogP contribution in [0.4, 0.5) is 0 Å². The zero-order valence-corrected chi connectivity index (χ0v) is 8.54. The van der Waals surface area contributed by atoms with E-state index in [0.29, 0.717) is 5.88 Å². The highest BCUT2D eigenvalue weighted by atomic mass is 35.5. The molecule has 0 spiro atoms. The lowest BCUT2D eigenvalue weighted by molar-refractivity contribution is 0.286. The Balaban J connectivity index is 3.13. The molecule has 0 aliphatic heterocycles. The highest BCUT2D eigenvalue weighted by Crippen LogP contribution is 2.12. The van der Waals surface area contributed by atoms with Crippen molar-refractivity contribution < 1.29 is 5.11 Å². The van der Waals surface area contributed by atoms with Crippen molar-refractivity contribution in [2.75, 3.05) is 12.5 Å². The van der Waals surface area contributed by atoms with Gasteiger partial charge in [0.1, 0.15) is 0 Å². The molecular weight excluding hydrogens is 206 g/mol. The van der Waals surface area contributed by atoms with E-state index in [0.717, 1.165) is 19.3 Å². The molecule has 1 nitrogen and oxygen atoms in total. The van der Waals surface area contributed by atoms with Gasteiger partial charge in [0.15, 0.2) is 0 Å². The van der Waals surface area contributed by atoms with E-state index in [4.69, 9.17) is 39.9 Å². The van der Waals surface area contributed by atoms with E-state index < -0.39 is 0 Å². The largest absolute Gasteiger partial charge is 0.395 e. The molecule has 0 amide bonds. The minimum atomic E-state index is -0.130. The van der Waals surface area contributed by atoms with Gasteiger partial charge in [-0.3, -0.25) is 0 Å². The number of aliphatic hydroxyl groups excluding tert-OH is 1. The number of hydrogen-bond donors (Lipinski definition) is 1. The Bertz CT molecular complexity index is 79.8. The SMILES string of the molecule is OCC(Cl)CCCC(Cl)CCl. The van der Waals surface area contributed by atoms with E-state index in [-0.39, 0.29) is 17.4 Å². The van der Waals surface area contributed by atoms with Crippen LogP contribution in [0.15, 0.2) is 0 Å². The highest BCUT2D eigenvalue weighted by molar-refractivity contribution is 6.28. The molecule has 2 unspecified atom stereocenters. The van der Waals surface area contributed by atoms with Gasteiger partial charge >= 0.3 is 0 Å².